The van der Waals surface area contributed by atoms with E-state index in [1.807, 2.05) is 42.7 Å². The first-order valence-corrected chi connectivity index (χ1v) is 9.27. The highest BCUT2D eigenvalue weighted by Crippen LogP contribution is 2.21. The molecule has 5 nitrogen and oxygen atoms in total. The van der Waals surface area contributed by atoms with Crippen LogP contribution in [-0.2, 0) is 11.2 Å². The molecule has 0 spiro atoms. The van der Waals surface area contributed by atoms with Crippen LogP contribution in [0.15, 0.2) is 57.9 Å². The van der Waals surface area contributed by atoms with Crippen molar-refractivity contribution in [2.45, 2.75) is 17.7 Å². The van der Waals surface area contributed by atoms with E-state index in [1.54, 1.807) is 23.9 Å². The fraction of sp³-hybridized carbons (Fsp3) is 0.167. The zero-order chi connectivity index (χ0) is 17.6. The molecule has 0 aliphatic rings. The van der Waals surface area contributed by atoms with Gasteiger partial charge >= 0.3 is 0 Å². The Bertz CT molecular complexity index is 882. The molecule has 25 heavy (non-hydrogen) atoms. The van der Waals surface area contributed by atoms with Gasteiger partial charge in [-0.25, -0.2) is 0 Å². The predicted octanol–water partition coefficient (Wildman–Crippen LogP) is 4.68. The molecule has 0 aliphatic heterocycles. The number of aryl methyl sites for hydroxylation is 1. The number of carbonyl (C=O) groups excluding carboxylic acids is 1. The van der Waals surface area contributed by atoms with Crippen LogP contribution in [0.5, 0.6) is 0 Å². The van der Waals surface area contributed by atoms with Crippen LogP contribution in [0.3, 0.4) is 0 Å². The lowest BCUT2D eigenvalue weighted by molar-refractivity contribution is -0.116. The molecular weight excluding hydrogens is 358 g/mol. The third kappa shape index (κ3) is 4.84. The van der Waals surface area contributed by atoms with Crippen molar-refractivity contribution in [2.24, 2.45) is 0 Å². The summed E-state index contributed by atoms with van der Waals surface area (Å²) in [6.07, 6.45) is 2.64. The van der Waals surface area contributed by atoms with Crippen LogP contribution in [0.1, 0.15) is 12.3 Å². The molecule has 0 saturated carbocycles. The smallest absolute Gasteiger partial charge is 0.227 e. The van der Waals surface area contributed by atoms with Gasteiger partial charge in [-0.2, -0.15) is 4.98 Å². The van der Waals surface area contributed by atoms with Gasteiger partial charge in [0, 0.05) is 34.0 Å². The number of carbonyl (C=O) groups is 1. The summed E-state index contributed by atoms with van der Waals surface area (Å²) in [6, 6.07) is 14.9. The van der Waals surface area contributed by atoms with Crippen molar-refractivity contribution in [1.29, 1.82) is 0 Å². The molecule has 0 saturated heterocycles. The van der Waals surface area contributed by atoms with E-state index in [0.29, 0.717) is 23.2 Å². The van der Waals surface area contributed by atoms with Gasteiger partial charge in [0.2, 0.25) is 17.6 Å². The van der Waals surface area contributed by atoms with Crippen LogP contribution in [0.4, 0.5) is 5.69 Å². The molecule has 0 bridgehead atoms. The van der Waals surface area contributed by atoms with Crippen LogP contribution in [0.2, 0.25) is 5.02 Å². The average molecular weight is 374 g/mol. The molecule has 0 aliphatic carbocycles. The molecule has 0 fully saturated rings. The number of nitrogens with one attached hydrogen (secondary N) is 1. The van der Waals surface area contributed by atoms with E-state index in [4.69, 9.17) is 16.1 Å². The summed E-state index contributed by atoms with van der Waals surface area (Å²) in [6.45, 7) is 0. The van der Waals surface area contributed by atoms with Crippen molar-refractivity contribution < 1.29 is 9.32 Å². The van der Waals surface area contributed by atoms with Crippen molar-refractivity contribution in [3.63, 3.8) is 0 Å². The van der Waals surface area contributed by atoms with Gasteiger partial charge < -0.3 is 9.84 Å². The molecule has 3 rings (SSSR count). The Labute approximate surface area is 154 Å². The second kappa shape index (κ2) is 8.18. The quantitative estimate of drug-likeness (QED) is 0.635. The van der Waals surface area contributed by atoms with Gasteiger partial charge in [0.1, 0.15) is 0 Å². The summed E-state index contributed by atoms with van der Waals surface area (Å²) >= 11 is 7.59. The largest absolute Gasteiger partial charge is 0.339 e. The van der Waals surface area contributed by atoms with Crippen molar-refractivity contribution >= 4 is 35.0 Å². The molecule has 1 amide bonds. The molecule has 7 heteroatoms. The Morgan fingerprint density at radius 2 is 2.08 bits per heavy atom. The fourth-order valence-corrected chi connectivity index (χ4v) is 2.90. The van der Waals surface area contributed by atoms with Gasteiger partial charge in [-0.3, -0.25) is 4.79 Å². The molecule has 1 N–H and O–H groups in total. The number of hydrogen-bond donors (Lipinski definition) is 1. The minimum atomic E-state index is -0.0965. The lowest BCUT2D eigenvalue weighted by Crippen LogP contribution is -2.12. The van der Waals surface area contributed by atoms with Crippen LogP contribution in [-0.4, -0.2) is 22.3 Å². The predicted molar refractivity (Wildman–Crippen MR) is 99.9 cm³/mol. The number of nitrogens with zero attached hydrogens (tertiary/aromatic N) is 2. The molecule has 0 radical (unpaired) electrons. The summed E-state index contributed by atoms with van der Waals surface area (Å²) in [5.41, 5.74) is 1.56. The summed E-state index contributed by atoms with van der Waals surface area (Å²) < 4.78 is 5.21. The maximum Gasteiger partial charge on any atom is 0.227 e. The Hall–Kier alpha value is -2.31. The van der Waals surface area contributed by atoms with Crippen molar-refractivity contribution in [3.05, 3.63) is 59.4 Å². The van der Waals surface area contributed by atoms with Crippen molar-refractivity contribution in [3.8, 4) is 11.4 Å². The van der Waals surface area contributed by atoms with Gasteiger partial charge in [0.25, 0.3) is 0 Å². The highest BCUT2D eigenvalue weighted by Gasteiger charge is 2.11. The standard InChI is InChI=1S/C18H16ClN3O2S/c1-25-15-7-3-6-14(11-15)20-16(23)8-9-17-21-18(22-24-17)12-4-2-5-13(19)10-12/h2-7,10-11H,8-9H2,1H3,(H,20,23). The Morgan fingerprint density at radius 3 is 2.88 bits per heavy atom. The second-order valence-corrected chi connectivity index (χ2v) is 6.62. The van der Waals surface area contributed by atoms with Gasteiger partial charge in [0.15, 0.2) is 0 Å². The van der Waals surface area contributed by atoms with Crippen molar-refractivity contribution in [2.75, 3.05) is 11.6 Å². The maximum atomic E-state index is 12.1. The summed E-state index contributed by atoms with van der Waals surface area (Å²) in [5.74, 6) is 0.786. The first-order chi connectivity index (χ1) is 12.1. The Kier molecular flexibility index (Phi) is 5.73. The van der Waals surface area contributed by atoms with Crippen molar-refractivity contribution in [1.82, 2.24) is 10.1 Å². The number of benzene rings is 2. The number of anilines is 1. The SMILES string of the molecule is CSc1cccc(NC(=O)CCc2nc(-c3cccc(Cl)c3)no2)c1. The average Bonchev–Trinajstić information content (AvgIpc) is 3.09. The van der Waals surface area contributed by atoms with Gasteiger partial charge in [0.05, 0.1) is 0 Å². The molecule has 1 aromatic heterocycles. The molecule has 3 aromatic rings. The number of halogens is 1. The molecule has 0 atom stereocenters. The highest BCUT2D eigenvalue weighted by molar-refractivity contribution is 7.98. The zero-order valence-electron chi connectivity index (χ0n) is 13.5. The van der Waals surface area contributed by atoms with E-state index in [2.05, 4.69) is 15.5 Å². The molecule has 2 aromatic carbocycles. The van der Waals surface area contributed by atoms with E-state index in [9.17, 15) is 4.79 Å². The first-order valence-electron chi connectivity index (χ1n) is 7.66. The topological polar surface area (TPSA) is 68.0 Å². The van der Waals surface area contributed by atoms with Crippen LogP contribution in [0, 0.1) is 0 Å². The number of amides is 1. The third-order valence-corrected chi connectivity index (χ3v) is 4.43. The van der Waals surface area contributed by atoms with Crippen LogP contribution in [0.25, 0.3) is 11.4 Å². The molecular formula is C18H16ClN3O2S. The van der Waals surface area contributed by atoms with Gasteiger partial charge in [-0.05, 0) is 36.6 Å². The summed E-state index contributed by atoms with van der Waals surface area (Å²) in [4.78, 5) is 17.5. The highest BCUT2D eigenvalue weighted by atomic mass is 35.5. The van der Waals surface area contributed by atoms with E-state index in [1.165, 1.54) is 0 Å². The molecule has 128 valence electrons. The van der Waals surface area contributed by atoms with Crippen LogP contribution >= 0.6 is 23.4 Å². The summed E-state index contributed by atoms with van der Waals surface area (Å²) in [7, 11) is 0. The summed E-state index contributed by atoms with van der Waals surface area (Å²) in [5, 5.41) is 7.41. The Morgan fingerprint density at radius 1 is 1.24 bits per heavy atom. The van der Waals surface area contributed by atoms with E-state index >= 15 is 0 Å². The monoisotopic (exact) mass is 373 g/mol. The van der Waals surface area contributed by atoms with E-state index in [-0.39, 0.29) is 12.3 Å². The number of rotatable bonds is 6. The minimum absolute atomic E-state index is 0.0965. The van der Waals surface area contributed by atoms with E-state index in [0.717, 1.165) is 16.1 Å². The van der Waals surface area contributed by atoms with Gasteiger partial charge in [-0.1, -0.05) is 35.0 Å². The second-order valence-electron chi connectivity index (χ2n) is 5.30. The molecule has 1 heterocycles. The fourth-order valence-electron chi connectivity index (χ4n) is 2.25. The number of aromatic nitrogens is 2. The molecule has 0 unspecified atom stereocenters. The number of hydrogen-bond acceptors (Lipinski definition) is 5. The normalized spacial score (nSPS) is 10.6. The first kappa shape index (κ1) is 17.5. The van der Waals surface area contributed by atoms with E-state index < -0.39 is 0 Å². The zero-order valence-corrected chi connectivity index (χ0v) is 15.1. The van der Waals surface area contributed by atoms with Crippen LogP contribution < -0.4 is 5.32 Å². The number of thioether (sulfide) groups is 1. The minimum Gasteiger partial charge on any atom is -0.339 e. The third-order valence-electron chi connectivity index (χ3n) is 3.47. The lowest BCUT2D eigenvalue weighted by Gasteiger charge is -2.05. The Balaban J connectivity index is 1.57. The van der Waals surface area contributed by atoms with Gasteiger partial charge in [-0.15, -0.1) is 11.8 Å². The lowest BCUT2D eigenvalue weighted by atomic mass is 10.2. The maximum absolute atomic E-state index is 12.1.